The lowest BCUT2D eigenvalue weighted by Crippen LogP contribution is -2.50. The number of piperidine rings is 1. The Labute approximate surface area is 216 Å². The maximum Gasteiger partial charge on any atom is 0.434 e. The normalized spacial score (nSPS) is 19.1. The monoisotopic (exact) mass is 525 g/mol. The summed E-state index contributed by atoms with van der Waals surface area (Å²) in [6.07, 6.45) is -0.995. The van der Waals surface area contributed by atoms with Gasteiger partial charge in [0.2, 0.25) is 0 Å². The first-order valence-electron chi connectivity index (χ1n) is 12.1. The van der Waals surface area contributed by atoms with E-state index in [1.807, 2.05) is 25.2 Å². The highest BCUT2D eigenvalue weighted by Gasteiger charge is 2.47. The molecular formula is C27H23ClF3N5O. The summed E-state index contributed by atoms with van der Waals surface area (Å²) >= 11 is 6.24. The Kier molecular flexibility index (Phi) is 5.63. The third kappa shape index (κ3) is 3.92. The van der Waals surface area contributed by atoms with Crippen molar-refractivity contribution in [3.8, 4) is 16.9 Å². The van der Waals surface area contributed by atoms with Gasteiger partial charge in [0.25, 0.3) is 5.91 Å². The third-order valence-corrected chi connectivity index (χ3v) is 7.51. The van der Waals surface area contributed by atoms with Crippen molar-refractivity contribution in [1.82, 2.24) is 24.5 Å². The van der Waals surface area contributed by atoms with Crippen LogP contribution in [0.5, 0.6) is 0 Å². The molecule has 4 aromatic rings. The summed E-state index contributed by atoms with van der Waals surface area (Å²) in [6, 6.07) is 14.9. The first-order chi connectivity index (χ1) is 17.7. The van der Waals surface area contributed by atoms with Crippen LogP contribution in [0.4, 0.5) is 13.2 Å². The molecule has 1 amide bonds. The van der Waals surface area contributed by atoms with Crippen molar-refractivity contribution in [3.05, 3.63) is 88.3 Å². The number of alkyl halides is 3. The fraction of sp³-hybridized carbons (Fsp3) is 0.296. The van der Waals surface area contributed by atoms with Gasteiger partial charge in [0, 0.05) is 29.2 Å². The number of nitrogens with zero attached hydrogens (tertiary/aromatic N) is 5. The van der Waals surface area contributed by atoms with E-state index in [4.69, 9.17) is 16.7 Å². The van der Waals surface area contributed by atoms with E-state index in [0.717, 1.165) is 39.8 Å². The molecule has 2 atom stereocenters. The van der Waals surface area contributed by atoms with Crippen LogP contribution in [0.3, 0.4) is 0 Å². The Morgan fingerprint density at radius 2 is 1.86 bits per heavy atom. The zero-order valence-corrected chi connectivity index (χ0v) is 20.7. The second-order valence-electron chi connectivity index (χ2n) is 9.52. The topological polar surface area (TPSA) is 56.0 Å². The standard InChI is InChI=1S/C27H23ClF3N5O/c1-34-24(16-7-5-8-17(28)13-16)20-14-19-11-6-12-22(23(20)33-34)35(19)26(37)21-15-32-36(25(21)27(29,30)31)18-9-3-2-4-10-18/h2-5,7-10,13,15,19,22H,6,11-12,14H2,1H3/t19-,22+/m1/s1. The number of amides is 1. The van der Waals surface area contributed by atoms with Gasteiger partial charge in [-0.3, -0.25) is 9.48 Å². The molecule has 6 nitrogen and oxygen atoms in total. The largest absolute Gasteiger partial charge is 0.434 e. The van der Waals surface area contributed by atoms with Crippen molar-refractivity contribution < 1.29 is 18.0 Å². The molecular weight excluding hydrogens is 503 g/mol. The molecule has 10 heteroatoms. The molecule has 2 bridgehead atoms. The Bertz CT molecular complexity index is 1490. The molecule has 2 aromatic carbocycles. The number of aromatic nitrogens is 4. The molecule has 6 rings (SSSR count). The second kappa shape index (κ2) is 8.76. The van der Waals surface area contributed by atoms with Gasteiger partial charge in [-0.25, -0.2) is 4.68 Å². The molecule has 37 heavy (non-hydrogen) atoms. The maximum atomic E-state index is 14.3. The van der Waals surface area contributed by atoms with E-state index < -0.39 is 29.4 Å². The van der Waals surface area contributed by atoms with Crippen molar-refractivity contribution in [1.29, 1.82) is 0 Å². The van der Waals surface area contributed by atoms with Gasteiger partial charge in [-0.15, -0.1) is 0 Å². The maximum absolute atomic E-state index is 14.3. The lowest BCUT2D eigenvalue weighted by atomic mass is 9.81. The van der Waals surface area contributed by atoms with Gasteiger partial charge in [-0.1, -0.05) is 41.9 Å². The predicted octanol–water partition coefficient (Wildman–Crippen LogP) is 6.24. The molecule has 0 N–H and O–H groups in total. The van der Waals surface area contributed by atoms with E-state index in [1.54, 1.807) is 33.8 Å². The number of hydrogen-bond donors (Lipinski definition) is 0. The van der Waals surface area contributed by atoms with Crippen LogP contribution in [0.15, 0.2) is 60.8 Å². The van der Waals surface area contributed by atoms with Crippen LogP contribution in [-0.4, -0.2) is 36.4 Å². The fourth-order valence-corrected chi connectivity index (χ4v) is 6.02. The molecule has 0 spiro atoms. The highest BCUT2D eigenvalue weighted by atomic mass is 35.5. The molecule has 1 fully saturated rings. The summed E-state index contributed by atoms with van der Waals surface area (Å²) < 4.78 is 45.5. The van der Waals surface area contributed by atoms with Gasteiger partial charge in [-0.05, 0) is 49.9 Å². The molecule has 2 aliphatic rings. The van der Waals surface area contributed by atoms with Gasteiger partial charge < -0.3 is 4.90 Å². The van der Waals surface area contributed by atoms with Crippen molar-refractivity contribution in [2.45, 2.75) is 43.9 Å². The Hall–Kier alpha value is -3.59. The van der Waals surface area contributed by atoms with Crippen molar-refractivity contribution in [2.75, 3.05) is 0 Å². The average Bonchev–Trinajstić information content (AvgIpc) is 3.45. The number of para-hydroxylation sites is 1. The van der Waals surface area contributed by atoms with Gasteiger partial charge in [-0.2, -0.15) is 23.4 Å². The smallest absolute Gasteiger partial charge is 0.327 e. The average molecular weight is 526 g/mol. The van der Waals surface area contributed by atoms with Crippen LogP contribution < -0.4 is 0 Å². The fourth-order valence-electron chi connectivity index (χ4n) is 5.83. The number of carbonyl (C=O) groups is 1. The minimum atomic E-state index is -4.77. The lowest BCUT2D eigenvalue weighted by Gasteiger charge is -2.45. The molecule has 190 valence electrons. The SMILES string of the molecule is Cn1nc2c(c1-c1cccc(Cl)c1)C[C@H]1CCC[C@@H]2N1C(=O)c1cnn(-c2ccccc2)c1C(F)(F)F. The highest BCUT2D eigenvalue weighted by molar-refractivity contribution is 6.30. The number of halogens is 4. The van der Waals surface area contributed by atoms with Crippen molar-refractivity contribution >= 4 is 17.5 Å². The number of carbonyl (C=O) groups excluding carboxylic acids is 1. The van der Waals surface area contributed by atoms with E-state index in [9.17, 15) is 18.0 Å². The number of benzene rings is 2. The second-order valence-corrected chi connectivity index (χ2v) is 9.95. The molecule has 1 saturated heterocycles. The summed E-state index contributed by atoms with van der Waals surface area (Å²) in [6.45, 7) is 0. The number of hydrogen-bond acceptors (Lipinski definition) is 3. The number of aryl methyl sites for hydroxylation is 1. The molecule has 0 saturated carbocycles. The predicted molar refractivity (Wildman–Crippen MR) is 132 cm³/mol. The molecule has 0 aliphatic carbocycles. The molecule has 2 aliphatic heterocycles. The third-order valence-electron chi connectivity index (χ3n) is 7.28. The summed E-state index contributed by atoms with van der Waals surface area (Å²) in [7, 11) is 1.84. The quantitative estimate of drug-likeness (QED) is 0.318. The minimum Gasteiger partial charge on any atom is -0.327 e. The summed E-state index contributed by atoms with van der Waals surface area (Å²) in [5.74, 6) is -0.662. The molecule has 0 unspecified atom stereocenters. The first-order valence-corrected chi connectivity index (χ1v) is 12.5. The van der Waals surface area contributed by atoms with E-state index in [1.165, 1.54) is 12.1 Å². The van der Waals surface area contributed by atoms with Crippen molar-refractivity contribution in [2.24, 2.45) is 7.05 Å². The highest BCUT2D eigenvalue weighted by Crippen LogP contribution is 2.46. The number of rotatable bonds is 3. The van der Waals surface area contributed by atoms with Crippen LogP contribution >= 0.6 is 11.6 Å². The lowest BCUT2D eigenvalue weighted by molar-refractivity contribution is -0.143. The van der Waals surface area contributed by atoms with Crippen LogP contribution in [0.25, 0.3) is 16.9 Å². The van der Waals surface area contributed by atoms with Crippen LogP contribution in [0.2, 0.25) is 5.02 Å². The Morgan fingerprint density at radius 1 is 1.08 bits per heavy atom. The Balaban J connectivity index is 1.44. The van der Waals surface area contributed by atoms with E-state index in [2.05, 4.69) is 5.10 Å². The van der Waals surface area contributed by atoms with Crippen LogP contribution in [-0.2, 0) is 19.6 Å². The van der Waals surface area contributed by atoms with Gasteiger partial charge in [0.05, 0.1) is 34.9 Å². The summed E-state index contributed by atoms with van der Waals surface area (Å²) in [5, 5.41) is 9.36. The van der Waals surface area contributed by atoms with Gasteiger partial charge in [0.15, 0.2) is 5.69 Å². The van der Waals surface area contributed by atoms with Gasteiger partial charge in [0.1, 0.15) is 0 Å². The molecule has 0 radical (unpaired) electrons. The van der Waals surface area contributed by atoms with E-state index in [0.29, 0.717) is 24.3 Å². The zero-order chi connectivity index (χ0) is 25.9. The zero-order valence-electron chi connectivity index (χ0n) is 19.9. The van der Waals surface area contributed by atoms with Gasteiger partial charge >= 0.3 is 6.18 Å². The summed E-state index contributed by atoms with van der Waals surface area (Å²) in [5.41, 5.74) is 2.35. The molecule has 2 aromatic heterocycles. The van der Waals surface area contributed by atoms with Crippen LogP contribution in [0.1, 0.15) is 52.6 Å². The molecule has 4 heterocycles. The van der Waals surface area contributed by atoms with E-state index >= 15 is 0 Å². The van der Waals surface area contributed by atoms with Crippen molar-refractivity contribution in [3.63, 3.8) is 0 Å². The Morgan fingerprint density at radius 3 is 2.59 bits per heavy atom. The van der Waals surface area contributed by atoms with E-state index in [-0.39, 0.29) is 11.7 Å². The number of fused-ring (bicyclic) bond motifs is 4. The minimum absolute atomic E-state index is 0.234. The first kappa shape index (κ1) is 23.8. The summed E-state index contributed by atoms with van der Waals surface area (Å²) in [4.78, 5) is 15.5. The van der Waals surface area contributed by atoms with Crippen LogP contribution in [0, 0.1) is 0 Å².